The van der Waals surface area contributed by atoms with Crippen molar-refractivity contribution in [3.63, 3.8) is 0 Å². The molecule has 0 aliphatic carbocycles. The molecule has 6 nitrogen and oxygen atoms in total. The summed E-state index contributed by atoms with van der Waals surface area (Å²) >= 11 is 1.55. The second-order valence-corrected chi connectivity index (χ2v) is 7.01. The first-order valence-electron chi connectivity index (χ1n) is 8.32. The summed E-state index contributed by atoms with van der Waals surface area (Å²) in [5, 5.41) is 9.70. The molecule has 1 N–H and O–H groups in total. The summed E-state index contributed by atoms with van der Waals surface area (Å²) in [4.78, 5) is 16.4. The summed E-state index contributed by atoms with van der Waals surface area (Å²) in [7, 11) is 0. The third-order valence-corrected chi connectivity index (χ3v) is 4.92. The van der Waals surface area contributed by atoms with Crippen LogP contribution in [-0.4, -0.2) is 16.0 Å². The molecule has 26 heavy (non-hydrogen) atoms. The van der Waals surface area contributed by atoms with Crippen molar-refractivity contribution in [3.8, 4) is 5.75 Å². The Kier molecular flexibility index (Phi) is 5.68. The number of nitrogens with zero attached hydrogens (tertiary/aromatic N) is 2. The zero-order valence-corrected chi connectivity index (χ0v) is 15.9. The van der Waals surface area contributed by atoms with Crippen LogP contribution >= 0.6 is 11.3 Å². The van der Waals surface area contributed by atoms with E-state index in [1.165, 1.54) is 0 Å². The van der Waals surface area contributed by atoms with Crippen molar-refractivity contribution in [2.45, 2.75) is 40.3 Å². The van der Waals surface area contributed by atoms with Crippen molar-refractivity contribution in [3.05, 3.63) is 62.9 Å². The predicted molar refractivity (Wildman–Crippen MR) is 99.2 cm³/mol. The highest BCUT2D eigenvalue weighted by Gasteiger charge is 2.10. The van der Waals surface area contributed by atoms with Crippen molar-refractivity contribution >= 4 is 17.2 Å². The number of nitrogens with one attached hydrogen (secondary N) is 1. The topological polar surface area (TPSA) is 77.2 Å². The first-order chi connectivity index (χ1) is 12.5. The predicted octanol–water partition coefficient (Wildman–Crippen LogP) is 3.49. The highest BCUT2D eigenvalue weighted by Crippen LogP contribution is 2.18. The Morgan fingerprint density at radius 2 is 2.00 bits per heavy atom. The average Bonchev–Trinajstić information content (AvgIpc) is 3.18. The van der Waals surface area contributed by atoms with E-state index in [2.05, 4.69) is 15.5 Å². The molecule has 0 atom stereocenters. The molecule has 0 unspecified atom stereocenters. The van der Waals surface area contributed by atoms with Crippen molar-refractivity contribution in [2.75, 3.05) is 0 Å². The van der Waals surface area contributed by atoms with Gasteiger partial charge in [0, 0.05) is 11.1 Å². The Morgan fingerprint density at radius 3 is 2.62 bits per heavy atom. The number of thiazole rings is 1. The number of aromatic nitrogens is 2. The van der Waals surface area contributed by atoms with Gasteiger partial charge in [-0.15, -0.1) is 11.3 Å². The number of hydrogen-bond donors (Lipinski definition) is 1. The molecule has 0 saturated heterocycles. The van der Waals surface area contributed by atoms with Crippen LogP contribution in [0.3, 0.4) is 0 Å². The summed E-state index contributed by atoms with van der Waals surface area (Å²) in [5.41, 5.74) is 3.71. The normalized spacial score (nSPS) is 10.7. The van der Waals surface area contributed by atoms with Gasteiger partial charge in [-0.1, -0.05) is 17.3 Å². The fraction of sp³-hybridized carbons (Fsp3) is 0.316. The van der Waals surface area contributed by atoms with Gasteiger partial charge in [-0.2, -0.15) is 0 Å². The SMILES string of the molecule is Cc1csc(CNC(=O)Cc2ccc(OCc3c(C)noc3C)cc2)n1. The zero-order chi connectivity index (χ0) is 18.5. The second-order valence-electron chi connectivity index (χ2n) is 6.07. The molecular weight excluding hydrogens is 350 g/mol. The van der Waals surface area contributed by atoms with E-state index in [0.717, 1.165) is 39.0 Å². The molecule has 2 aromatic heterocycles. The highest BCUT2D eigenvalue weighted by molar-refractivity contribution is 7.09. The smallest absolute Gasteiger partial charge is 0.224 e. The van der Waals surface area contributed by atoms with Gasteiger partial charge in [0.05, 0.1) is 24.2 Å². The quantitative estimate of drug-likeness (QED) is 0.688. The van der Waals surface area contributed by atoms with Crippen LogP contribution in [0.4, 0.5) is 0 Å². The molecule has 3 rings (SSSR count). The van der Waals surface area contributed by atoms with Crippen LogP contribution < -0.4 is 10.1 Å². The molecule has 3 aromatic rings. The minimum atomic E-state index is -0.0257. The van der Waals surface area contributed by atoms with Gasteiger partial charge in [-0.3, -0.25) is 4.79 Å². The molecule has 7 heteroatoms. The number of amides is 1. The molecular formula is C19H21N3O3S. The van der Waals surface area contributed by atoms with Gasteiger partial charge in [-0.05, 0) is 38.5 Å². The maximum absolute atomic E-state index is 12.1. The number of rotatable bonds is 7. The van der Waals surface area contributed by atoms with Gasteiger partial charge >= 0.3 is 0 Å². The lowest BCUT2D eigenvalue weighted by Gasteiger charge is -2.07. The standard InChI is InChI=1S/C19H21N3O3S/c1-12-11-26-19(21-12)9-20-18(23)8-15-4-6-16(7-5-15)24-10-17-13(2)22-25-14(17)3/h4-7,11H,8-10H2,1-3H3,(H,20,23). The second kappa shape index (κ2) is 8.14. The summed E-state index contributed by atoms with van der Waals surface area (Å²) in [6.45, 7) is 6.58. The number of aryl methyl sites for hydroxylation is 3. The Morgan fingerprint density at radius 1 is 1.23 bits per heavy atom. The Bertz CT molecular complexity index is 864. The van der Waals surface area contributed by atoms with E-state index < -0.39 is 0 Å². The molecule has 0 bridgehead atoms. The maximum Gasteiger partial charge on any atom is 0.224 e. The molecule has 2 heterocycles. The van der Waals surface area contributed by atoms with Crippen LogP contribution in [0.5, 0.6) is 5.75 Å². The van der Waals surface area contributed by atoms with Gasteiger partial charge in [0.25, 0.3) is 0 Å². The largest absolute Gasteiger partial charge is 0.489 e. The summed E-state index contributed by atoms with van der Waals surface area (Å²) in [6, 6.07) is 7.53. The number of benzene rings is 1. The Labute approximate surface area is 156 Å². The number of ether oxygens (including phenoxy) is 1. The van der Waals surface area contributed by atoms with Crippen LogP contribution in [0.2, 0.25) is 0 Å². The van der Waals surface area contributed by atoms with Crippen LogP contribution in [-0.2, 0) is 24.4 Å². The van der Waals surface area contributed by atoms with Crippen molar-refractivity contribution < 1.29 is 14.1 Å². The lowest BCUT2D eigenvalue weighted by Crippen LogP contribution is -2.24. The molecule has 136 valence electrons. The monoisotopic (exact) mass is 371 g/mol. The molecule has 1 aromatic carbocycles. The Balaban J connectivity index is 1.48. The van der Waals surface area contributed by atoms with E-state index in [9.17, 15) is 4.79 Å². The maximum atomic E-state index is 12.1. The molecule has 0 fully saturated rings. The Hall–Kier alpha value is -2.67. The molecule has 0 spiro atoms. The first-order valence-corrected chi connectivity index (χ1v) is 9.20. The van der Waals surface area contributed by atoms with Crippen LogP contribution in [0, 0.1) is 20.8 Å². The van der Waals surface area contributed by atoms with E-state index in [4.69, 9.17) is 9.26 Å². The van der Waals surface area contributed by atoms with Crippen LogP contribution in [0.25, 0.3) is 0 Å². The van der Waals surface area contributed by atoms with E-state index >= 15 is 0 Å². The van der Waals surface area contributed by atoms with Gasteiger partial charge < -0.3 is 14.6 Å². The van der Waals surface area contributed by atoms with E-state index in [0.29, 0.717) is 19.6 Å². The van der Waals surface area contributed by atoms with Gasteiger partial charge in [0.15, 0.2) is 0 Å². The van der Waals surface area contributed by atoms with Crippen molar-refractivity contribution in [1.82, 2.24) is 15.5 Å². The van der Waals surface area contributed by atoms with Crippen LogP contribution in [0.1, 0.15) is 33.3 Å². The number of hydrogen-bond acceptors (Lipinski definition) is 6. The molecule has 0 saturated carbocycles. The highest BCUT2D eigenvalue weighted by atomic mass is 32.1. The van der Waals surface area contributed by atoms with E-state index in [-0.39, 0.29) is 5.91 Å². The van der Waals surface area contributed by atoms with Crippen molar-refractivity contribution in [1.29, 1.82) is 0 Å². The van der Waals surface area contributed by atoms with E-state index in [1.54, 1.807) is 11.3 Å². The molecule has 0 aliphatic heterocycles. The lowest BCUT2D eigenvalue weighted by molar-refractivity contribution is -0.120. The summed E-state index contributed by atoms with van der Waals surface area (Å²) < 4.78 is 10.9. The molecule has 0 aliphatic rings. The summed E-state index contributed by atoms with van der Waals surface area (Å²) in [6.07, 6.45) is 0.328. The number of carbonyl (C=O) groups is 1. The fourth-order valence-corrected chi connectivity index (χ4v) is 3.18. The minimum absolute atomic E-state index is 0.0257. The average molecular weight is 371 g/mol. The van der Waals surface area contributed by atoms with E-state index in [1.807, 2.05) is 50.4 Å². The van der Waals surface area contributed by atoms with Gasteiger partial charge in [0.2, 0.25) is 5.91 Å². The lowest BCUT2D eigenvalue weighted by atomic mass is 10.1. The van der Waals surface area contributed by atoms with Crippen molar-refractivity contribution in [2.24, 2.45) is 0 Å². The summed E-state index contributed by atoms with van der Waals surface area (Å²) in [5.74, 6) is 1.49. The van der Waals surface area contributed by atoms with Gasteiger partial charge in [0.1, 0.15) is 23.1 Å². The zero-order valence-electron chi connectivity index (χ0n) is 15.0. The third kappa shape index (κ3) is 4.70. The van der Waals surface area contributed by atoms with Crippen LogP contribution in [0.15, 0.2) is 34.2 Å². The third-order valence-electron chi connectivity index (χ3n) is 3.96. The fourth-order valence-electron chi connectivity index (χ4n) is 2.47. The minimum Gasteiger partial charge on any atom is -0.489 e. The number of carbonyl (C=O) groups excluding carboxylic acids is 1. The van der Waals surface area contributed by atoms with Gasteiger partial charge in [-0.25, -0.2) is 4.98 Å². The molecule has 0 radical (unpaired) electrons. The molecule has 1 amide bonds. The first kappa shape index (κ1) is 18.1.